The molecular formula is C14H16N4O2S. The van der Waals surface area contributed by atoms with Crippen LogP contribution in [0, 0.1) is 11.8 Å². The Labute approximate surface area is 126 Å². The topological polar surface area (TPSA) is 80.0 Å². The number of nitrogens with one attached hydrogen (secondary N) is 1. The van der Waals surface area contributed by atoms with E-state index in [9.17, 15) is 4.79 Å². The zero-order valence-corrected chi connectivity index (χ0v) is 12.7. The standard InChI is InChI=1S/C14H16N4O2S/c1-3-10-8-12(18(2)17-10)13(20)16-14-15-9-11(21-14)6-4-5-7-19/h8-9,19H,3,5,7H2,1-2H3,(H,15,16,20). The minimum Gasteiger partial charge on any atom is -0.395 e. The maximum Gasteiger partial charge on any atom is 0.275 e. The van der Waals surface area contributed by atoms with Crippen molar-refractivity contribution in [2.24, 2.45) is 7.05 Å². The van der Waals surface area contributed by atoms with Crippen molar-refractivity contribution in [1.29, 1.82) is 0 Å². The van der Waals surface area contributed by atoms with Crippen molar-refractivity contribution in [3.8, 4) is 11.8 Å². The van der Waals surface area contributed by atoms with Crippen LogP contribution in [0.2, 0.25) is 0 Å². The molecule has 0 radical (unpaired) electrons. The van der Waals surface area contributed by atoms with E-state index in [2.05, 4.69) is 27.2 Å². The van der Waals surface area contributed by atoms with Crippen LogP contribution in [0.3, 0.4) is 0 Å². The van der Waals surface area contributed by atoms with Crippen molar-refractivity contribution in [3.63, 3.8) is 0 Å². The van der Waals surface area contributed by atoms with Crippen LogP contribution < -0.4 is 5.32 Å². The molecule has 21 heavy (non-hydrogen) atoms. The highest BCUT2D eigenvalue weighted by molar-refractivity contribution is 7.16. The number of aryl methyl sites for hydroxylation is 2. The summed E-state index contributed by atoms with van der Waals surface area (Å²) < 4.78 is 1.56. The molecule has 1 amide bonds. The Morgan fingerprint density at radius 3 is 3.05 bits per heavy atom. The molecule has 2 heterocycles. The molecule has 0 aliphatic rings. The van der Waals surface area contributed by atoms with Crippen molar-refractivity contribution in [2.75, 3.05) is 11.9 Å². The molecule has 7 heteroatoms. The number of hydrogen-bond donors (Lipinski definition) is 2. The Hall–Kier alpha value is -2.17. The van der Waals surface area contributed by atoms with Gasteiger partial charge < -0.3 is 5.11 Å². The van der Waals surface area contributed by atoms with Gasteiger partial charge in [-0.15, -0.1) is 0 Å². The molecule has 0 fully saturated rings. The Kier molecular flexibility index (Phi) is 5.09. The number of aromatic nitrogens is 3. The molecule has 0 saturated heterocycles. The molecule has 2 rings (SSSR count). The minimum absolute atomic E-state index is 0.0373. The van der Waals surface area contributed by atoms with Gasteiger partial charge in [0.1, 0.15) is 5.69 Å². The zero-order valence-electron chi connectivity index (χ0n) is 11.9. The fourth-order valence-corrected chi connectivity index (χ4v) is 2.35. The lowest BCUT2D eigenvalue weighted by molar-refractivity contribution is 0.101. The average Bonchev–Trinajstić information content (AvgIpc) is 3.05. The quantitative estimate of drug-likeness (QED) is 0.837. The van der Waals surface area contributed by atoms with Crippen LogP contribution in [0.1, 0.15) is 34.4 Å². The van der Waals surface area contributed by atoms with E-state index in [1.54, 1.807) is 24.0 Å². The second kappa shape index (κ2) is 7.02. The summed E-state index contributed by atoms with van der Waals surface area (Å²) in [5.41, 5.74) is 1.37. The van der Waals surface area contributed by atoms with Crippen molar-refractivity contribution < 1.29 is 9.90 Å². The predicted molar refractivity (Wildman–Crippen MR) is 81.2 cm³/mol. The van der Waals surface area contributed by atoms with Gasteiger partial charge in [-0.05, 0) is 12.5 Å². The summed E-state index contributed by atoms with van der Waals surface area (Å²) in [6.45, 7) is 2.03. The lowest BCUT2D eigenvalue weighted by Gasteiger charge is -2.00. The van der Waals surface area contributed by atoms with Crippen molar-refractivity contribution in [1.82, 2.24) is 14.8 Å². The van der Waals surface area contributed by atoms with Gasteiger partial charge in [-0.3, -0.25) is 14.8 Å². The number of aliphatic hydroxyl groups excluding tert-OH is 1. The fraction of sp³-hybridized carbons (Fsp3) is 0.357. The second-order valence-electron chi connectivity index (χ2n) is 4.26. The van der Waals surface area contributed by atoms with E-state index in [1.165, 1.54) is 11.3 Å². The predicted octanol–water partition coefficient (Wildman–Crippen LogP) is 1.43. The molecule has 0 aromatic carbocycles. The number of thiazole rings is 1. The van der Waals surface area contributed by atoms with Crippen LogP contribution in [0.4, 0.5) is 5.13 Å². The van der Waals surface area contributed by atoms with Gasteiger partial charge in [-0.1, -0.05) is 30.1 Å². The highest BCUT2D eigenvalue weighted by atomic mass is 32.1. The lowest BCUT2D eigenvalue weighted by atomic mass is 10.3. The van der Waals surface area contributed by atoms with Crippen molar-refractivity contribution in [3.05, 3.63) is 28.5 Å². The van der Waals surface area contributed by atoms with Gasteiger partial charge in [-0.2, -0.15) is 5.10 Å². The van der Waals surface area contributed by atoms with Gasteiger partial charge in [0.15, 0.2) is 5.13 Å². The van der Waals surface area contributed by atoms with E-state index >= 15 is 0 Å². The minimum atomic E-state index is -0.242. The Morgan fingerprint density at radius 1 is 1.57 bits per heavy atom. The third-order valence-electron chi connectivity index (χ3n) is 2.70. The highest BCUT2D eigenvalue weighted by Gasteiger charge is 2.14. The third-order valence-corrected chi connectivity index (χ3v) is 3.53. The molecule has 2 aromatic heterocycles. The number of carbonyl (C=O) groups is 1. The van der Waals surface area contributed by atoms with Crippen LogP contribution >= 0.6 is 11.3 Å². The van der Waals surface area contributed by atoms with Crippen molar-refractivity contribution >= 4 is 22.4 Å². The summed E-state index contributed by atoms with van der Waals surface area (Å²) in [4.78, 5) is 17.0. The summed E-state index contributed by atoms with van der Waals surface area (Å²) in [5, 5.41) is 16.1. The molecule has 110 valence electrons. The van der Waals surface area contributed by atoms with Crippen LogP contribution in [0.5, 0.6) is 0 Å². The number of carbonyl (C=O) groups excluding carboxylic acids is 1. The number of anilines is 1. The van der Waals surface area contributed by atoms with Crippen LogP contribution in [-0.2, 0) is 13.5 Å². The summed E-state index contributed by atoms with van der Waals surface area (Å²) in [5.74, 6) is 5.45. The van der Waals surface area contributed by atoms with Crippen LogP contribution in [0.25, 0.3) is 0 Å². The molecule has 2 N–H and O–H groups in total. The number of rotatable bonds is 4. The Morgan fingerprint density at radius 2 is 2.38 bits per heavy atom. The van der Waals surface area contributed by atoms with E-state index in [1.807, 2.05) is 6.92 Å². The molecule has 0 bridgehead atoms. The van der Waals surface area contributed by atoms with E-state index in [-0.39, 0.29) is 12.5 Å². The van der Waals surface area contributed by atoms with Gasteiger partial charge >= 0.3 is 0 Å². The van der Waals surface area contributed by atoms with Gasteiger partial charge in [0.25, 0.3) is 5.91 Å². The number of nitrogens with zero attached hydrogens (tertiary/aromatic N) is 3. The number of aliphatic hydroxyl groups is 1. The first-order chi connectivity index (χ1) is 10.1. The lowest BCUT2D eigenvalue weighted by Crippen LogP contribution is -2.15. The summed E-state index contributed by atoms with van der Waals surface area (Å²) in [6.07, 6.45) is 2.81. The molecule has 0 atom stereocenters. The second-order valence-corrected chi connectivity index (χ2v) is 5.29. The van der Waals surface area contributed by atoms with E-state index in [0.29, 0.717) is 17.2 Å². The van der Waals surface area contributed by atoms with Crippen LogP contribution in [0.15, 0.2) is 12.3 Å². The SMILES string of the molecule is CCc1cc(C(=O)Nc2ncc(C#CCCO)s2)n(C)n1. The maximum atomic E-state index is 12.2. The van der Waals surface area contributed by atoms with Gasteiger partial charge in [0.2, 0.25) is 0 Å². The van der Waals surface area contributed by atoms with E-state index in [4.69, 9.17) is 5.11 Å². The molecule has 2 aromatic rings. The third kappa shape index (κ3) is 3.90. The van der Waals surface area contributed by atoms with Gasteiger partial charge in [0, 0.05) is 13.5 Å². The molecule has 6 nitrogen and oxygen atoms in total. The van der Waals surface area contributed by atoms with E-state index < -0.39 is 0 Å². The average molecular weight is 304 g/mol. The molecule has 0 spiro atoms. The fourth-order valence-electron chi connectivity index (χ4n) is 1.67. The molecule has 0 saturated carbocycles. The van der Waals surface area contributed by atoms with Crippen molar-refractivity contribution in [2.45, 2.75) is 19.8 Å². The van der Waals surface area contributed by atoms with Gasteiger partial charge in [0.05, 0.1) is 23.4 Å². The number of amides is 1. The largest absolute Gasteiger partial charge is 0.395 e. The Balaban J connectivity index is 2.06. The maximum absolute atomic E-state index is 12.2. The van der Waals surface area contributed by atoms with E-state index in [0.717, 1.165) is 17.0 Å². The molecule has 0 unspecified atom stereocenters. The Bertz CT molecular complexity index is 693. The number of hydrogen-bond acceptors (Lipinski definition) is 5. The molecule has 0 aliphatic carbocycles. The summed E-state index contributed by atoms with van der Waals surface area (Å²) in [6, 6.07) is 1.77. The highest BCUT2D eigenvalue weighted by Crippen LogP contribution is 2.18. The summed E-state index contributed by atoms with van der Waals surface area (Å²) in [7, 11) is 1.74. The smallest absolute Gasteiger partial charge is 0.275 e. The first kappa shape index (κ1) is 15.2. The molecular weight excluding hydrogens is 288 g/mol. The van der Waals surface area contributed by atoms with Crippen LogP contribution in [-0.4, -0.2) is 32.4 Å². The first-order valence-electron chi connectivity index (χ1n) is 6.54. The normalized spacial score (nSPS) is 10.0. The monoisotopic (exact) mass is 304 g/mol. The zero-order chi connectivity index (χ0) is 15.2. The first-order valence-corrected chi connectivity index (χ1v) is 7.35. The summed E-state index contributed by atoms with van der Waals surface area (Å²) >= 11 is 1.30. The molecule has 0 aliphatic heterocycles. The van der Waals surface area contributed by atoms with Gasteiger partial charge in [-0.25, -0.2) is 4.98 Å².